The van der Waals surface area contributed by atoms with Crippen molar-refractivity contribution < 1.29 is 14.7 Å². The van der Waals surface area contributed by atoms with E-state index in [9.17, 15) is 9.59 Å². The lowest BCUT2D eigenvalue weighted by atomic mass is 10.0. The summed E-state index contributed by atoms with van der Waals surface area (Å²) >= 11 is 0. The van der Waals surface area contributed by atoms with Gasteiger partial charge in [0.15, 0.2) is 0 Å². The zero-order chi connectivity index (χ0) is 17.4. The zero-order valence-electron chi connectivity index (χ0n) is 13.2. The molecule has 0 bridgehead atoms. The number of carbonyl (C=O) groups is 2. The van der Waals surface area contributed by atoms with Crippen LogP contribution in [-0.2, 0) is 17.8 Å². The van der Waals surface area contributed by atoms with Crippen molar-refractivity contribution in [1.82, 2.24) is 5.32 Å². The Hall–Kier alpha value is -2.86. The highest BCUT2D eigenvalue weighted by Gasteiger charge is 2.10. The fourth-order valence-electron chi connectivity index (χ4n) is 2.33. The maximum atomic E-state index is 11.9. The molecule has 126 valence electrons. The first kappa shape index (κ1) is 17.5. The van der Waals surface area contributed by atoms with E-state index in [1.54, 1.807) is 24.3 Å². The molecule has 0 fully saturated rings. The van der Waals surface area contributed by atoms with Crippen molar-refractivity contribution in [2.75, 3.05) is 5.32 Å². The fraction of sp³-hybridized carbons (Fsp3) is 0.222. The molecule has 0 aliphatic rings. The van der Waals surface area contributed by atoms with Gasteiger partial charge < -0.3 is 16.2 Å². The predicted molar refractivity (Wildman–Crippen MR) is 92.7 cm³/mol. The van der Waals surface area contributed by atoms with Crippen molar-refractivity contribution in [1.29, 1.82) is 0 Å². The molecule has 1 atom stereocenters. The number of hydrogen-bond acceptors (Lipinski definition) is 3. The summed E-state index contributed by atoms with van der Waals surface area (Å²) in [6.45, 7) is 0.379. The highest BCUT2D eigenvalue weighted by atomic mass is 16.4. The summed E-state index contributed by atoms with van der Waals surface area (Å²) in [5.74, 6) is -0.105. The summed E-state index contributed by atoms with van der Waals surface area (Å²) in [4.78, 5) is 22.5. The molecule has 6 heteroatoms. The monoisotopic (exact) mass is 327 g/mol. The van der Waals surface area contributed by atoms with Gasteiger partial charge in [0.25, 0.3) is 0 Å². The van der Waals surface area contributed by atoms with Crippen molar-refractivity contribution in [2.24, 2.45) is 5.73 Å². The van der Waals surface area contributed by atoms with Crippen LogP contribution in [0.25, 0.3) is 0 Å². The first-order chi connectivity index (χ1) is 11.5. The van der Waals surface area contributed by atoms with Crippen molar-refractivity contribution in [3.8, 4) is 0 Å². The molecule has 0 aromatic heterocycles. The van der Waals surface area contributed by atoms with Gasteiger partial charge in [0.2, 0.25) is 5.91 Å². The standard InChI is InChI=1S/C18H21N3O3/c19-15(10-13-4-2-1-3-5-13)11-17(22)20-12-14-6-8-16(9-7-14)21-18(23)24/h1-9,15,21H,10-12,19H2,(H,20,22)(H,23,24)/t15-/m1/s1. The van der Waals surface area contributed by atoms with Gasteiger partial charge in [-0.25, -0.2) is 4.79 Å². The lowest BCUT2D eigenvalue weighted by Crippen LogP contribution is -2.32. The third-order valence-corrected chi connectivity index (χ3v) is 3.48. The number of carboxylic acid groups (broad SMARTS) is 1. The van der Waals surface area contributed by atoms with Crippen LogP contribution in [-0.4, -0.2) is 23.1 Å². The molecular formula is C18H21N3O3. The maximum Gasteiger partial charge on any atom is 0.409 e. The first-order valence-corrected chi connectivity index (χ1v) is 7.68. The predicted octanol–water partition coefficient (Wildman–Crippen LogP) is 2.35. The van der Waals surface area contributed by atoms with Crippen LogP contribution in [0, 0.1) is 0 Å². The molecule has 2 aromatic rings. The minimum absolute atomic E-state index is 0.105. The molecule has 0 spiro atoms. The summed E-state index contributed by atoms with van der Waals surface area (Å²) in [6, 6.07) is 16.4. The number of amides is 2. The maximum absolute atomic E-state index is 11.9. The highest BCUT2D eigenvalue weighted by molar-refractivity contribution is 5.82. The molecular weight excluding hydrogens is 306 g/mol. The molecule has 0 aliphatic heterocycles. The van der Waals surface area contributed by atoms with Gasteiger partial charge in [-0.1, -0.05) is 42.5 Å². The Morgan fingerprint density at radius 3 is 2.29 bits per heavy atom. The van der Waals surface area contributed by atoms with E-state index < -0.39 is 6.09 Å². The fourth-order valence-corrected chi connectivity index (χ4v) is 2.33. The van der Waals surface area contributed by atoms with Gasteiger partial charge in [-0.05, 0) is 29.7 Å². The summed E-state index contributed by atoms with van der Waals surface area (Å²) in [6.07, 6.45) is -0.194. The van der Waals surface area contributed by atoms with Crippen LogP contribution in [0.1, 0.15) is 17.5 Å². The molecule has 24 heavy (non-hydrogen) atoms. The summed E-state index contributed by atoms with van der Waals surface area (Å²) in [7, 11) is 0. The zero-order valence-corrected chi connectivity index (χ0v) is 13.2. The Labute approximate surface area is 140 Å². The number of benzene rings is 2. The number of nitrogens with one attached hydrogen (secondary N) is 2. The van der Waals surface area contributed by atoms with E-state index in [4.69, 9.17) is 10.8 Å². The van der Waals surface area contributed by atoms with E-state index in [1.807, 2.05) is 30.3 Å². The Morgan fingerprint density at radius 1 is 1.00 bits per heavy atom. The molecule has 0 saturated heterocycles. The van der Waals surface area contributed by atoms with Crippen molar-refractivity contribution in [3.05, 3.63) is 65.7 Å². The van der Waals surface area contributed by atoms with Gasteiger partial charge in [0.1, 0.15) is 0 Å². The van der Waals surface area contributed by atoms with Crippen LogP contribution in [0.3, 0.4) is 0 Å². The van der Waals surface area contributed by atoms with Gasteiger partial charge >= 0.3 is 6.09 Å². The van der Waals surface area contributed by atoms with Crippen LogP contribution >= 0.6 is 0 Å². The Balaban J connectivity index is 1.75. The normalized spacial score (nSPS) is 11.5. The molecule has 0 aliphatic carbocycles. The molecule has 2 aromatic carbocycles. The number of anilines is 1. The minimum Gasteiger partial charge on any atom is -0.465 e. The molecule has 2 rings (SSSR count). The van der Waals surface area contributed by atoms with Crippen molar-refractivity contribution in [3.63, 3.8) is 0 Å². The van der Waals surface area contributed by atoms with Crippen LogP contribution in [0.15, 0.2) is 54.6 Å². The van der Waals surface area contributed by atoms with E-state index in [0.29, 0.717) is 18.7 Å². The lowest BCUT2D eigenvalue weighted by Gasteiger charge is -2.12. The third-order valence-electron chi connectivity index (χ3n) is 3.48. The molecule has 0 radical (unpaired) electrons. The number of rotatable bonds is 7. The Bertz CT molecular complexity index is 672. The summed E-state index contributed by atoms with van der Waals surface area (Å²) in [5.41, 5.74) is 8.50. The quantitative estimate of drug-likeness (QED) is 0.626. The van der Waals surface area contributed by atoms with E-state index in [-0.39, 0.29) is 18.4 Å². The average Bonchev–Trinajstić information content (AvgIpc) is 2.54. The molecule has 5 N–H and O–H groups in total. The van der Waals surface area contributed by atoms with E-state index in [1.165, 1.54) is 0 Å². The number of carbonyl (C=O) groups excluding carboxylic acids is 1. The smallest absolute Gasteiger partial charge is 0.409 e. The Kier molecular flexibility index (Phi) is 6.33. The van der Waals surface area contributed by atoms with Crippen molar-refractivity contribution >= 4 is 17.7 Å². The van der Waals surface area contributed by atoms with Crippen LogP contribution in [0.2, 0.25) is 0 Å². The van der Waals surface area contributed by atoms with E-state index >= 15 is 0 Å². The van der Waals surface area contributed by atoms with Crippen LogP contribution in [0.5, 0.6) is 0 Å². The average molecular weight is 327 g/mol. The van der Waals surface area contributed by atoms with Crippen molar-refractivity contribution in [2.45, 2.75) is 25.4 Å². The van der Waals surface area contributed by atoms with Crippen LogP contribution < -0.4 is 16.4 Å². The highest BCUT2D eigenvalue weighted by Crippen LogP contribution is 2.09. The van der Waals surface area contributed by atoms with Gasteiger partial charge in [0.05, 0.1) is 0 Å². The topological polar surface area (TPSA) is 104 Å². The van der Waals surface area contributed by atoms with Gasteiger partial charge in [-0.2, -0.15) is 0 Å². The minimum atomic E-state index is -1.11. The molecule has 0 unspecified atom stereocenters. The molecule has 0 saturated carbocycles. The molecule has 0 heterocycles. The second kappa shape index (κ2) is 8.69. The van der Waals surface area contributed by atoms with E-state index in [2.05, 4.69) is 10.6 Å². The van der Waals surface area contributed by atoms with E-state index in [0.717, 1.165) is 11.1 Å². The molecule has 6 nitrogen and oxygen atoms in total. The van der Waals surface area contributed by atoms with Gasteiger partial charge in [0, 0.05) is 24.7 Å². The summed E-state index contributed by atoms with van der Waals surface area (Å²) in [5, 5.41) is 13.7. The second-order valence-electron chi connectivity index (χ2n) is 5.56. The second-order valence-corrected chi connectivity index (χ2v) is 5.56. The largest absolute Gasteiger partial charge is 0.465 e. The number of nitrogens with two attached hydrogens (primary N) is 1. The number of hydrogen-bond donors (Lipinski definition) is 4. The Morgan fingerprint density at radius 2 is 1.67 bits per heavy atom. The lowest BCUT2D eigenvalue weighted by molar-refractivity contribution is -0.121. The SMILES string of the molecule is N[C@@H](CC(=O)NCc1ccc(NC(=O)O)cc1)Cc1ccccc1. The first-order valence-electron chi connectivity index (χ1n) is 7.68. The van der Waals surface area contributed by atoms with Gasteiger partial charge in [-0.3, -0.25) is 10.1 Å². The summed E-state index contributed by atoms with van der Waals surface area (Å²) < 4.78 is 0. The molecule has 2 amide bonds. The van der Waals surface area contributed by atoms with Crippen LogP contribution in [0.4, 0.5) is 10.5 Å². The third kappa shape index (κ3) is 6.10. The van der Waals surface area contributed by atoms with Gasteiger partial charge in [-0.15, -0.1) is 0 Å².